The molecule has 4 rings (SSSR count). The molecule has 132 valence electrons. The first-order valence-corrected chi connectivity index (χ1v) is 9.26. The number of para-hydroxylation sites is 1. The minimum Gasteiger partial charge on any atom is -0.460 e. The molecule has 0 fully saturated rings. The molecule has 0 atom stereocenters. The second-order valence-electron chi connectivity index (χ2n) is 6.18. The number of nitrogens with one attached hydrogen (secondary N) is 2. The van der Waals surface area contributed by atoms with E-state index in [-0.39, 0.29) is 0 Å². The second kappa shape index (κ2) is 7.58. The van der Waals surface area contributed by atoms with Crippen LogP contribution in [0.3, 0.4) is 0 Å². The number of halogens is 2. The molecule has 0 radical (unpaired) electrons. The predicted molar refractivity (Wildman–Crippen MR) is 108 cm³/mol. The van der Waals surface area contributed by atoms with Crippen LogP contribution in [0, 0.1) is 0 Å². The Balaban J connectivity index is 1.35. The maximum atomic E-state index is 6.24. The molecule has 0 aliphatic carbocycles. The van der Waals surface area contributed by atoms with E-state index in [4.69, 9.17) is 27.6 Å². The molecule has 4 aromatic rings. The highest BCUT2D eigenvalue weighted by molar-refractivity contribution is 6.36. The molecular formula is C21H18Cl2N2O. The van der Waals surface area contributed by atoms with Gasteiger partial charge in [0.25, 0.3) is 0 Å². The van der Waals surface area contributed by atoms with Crippen LogP contribution in [0.1, 0.15) is 11.3 Å². The first-order chi connectivity index (χ1) is 12.7. The molecule has 2 aromatic carbocycles. The van der Waals surface area contributed by atoms with Gasteiger partial charge in [0, 0.05) is 27.7 Å². The number of aromatic amines is 1. The first kappa shape index (κ1) is 17.2. The van der Waals surface area contributed by atoms with Crippen molar-refractivity contribution in [2.45, 2.75) is 13.0 Å². The van der Waals surface area contributed by atoms with Crippen molar-refractivity contribution in [2.24, 2.45) is 0 Å². The Morgan fingerprint density at radius 3 is 2.77 bits per heavy atom. The highest BCUT2D eigenvalue weighted by Crippen LogP contribution is 2.31. The van der Waals surface area contributed by atoms with Gasteiger partial charge in [0.1, 0.15) is 11.5 Å². The van der Waals surface area contributed by atoms with E-state index in [1.807, 2.05) is 30.3 Å². The van der Waals surface area contributed by atoms with Crippen molar-refractivity contribution in [2.75, 3.05) is 6.54 Å². The standard InChI is InChI=1S/C21H18Cl2N2O/c22-15-5-7-18(19(23)11-15)21-8-6-16(26-21)13-24-10-9-14-12-25-20-4-2-1-3-17(14)20/h1-8,11-12,24-25H,9-10,13H2. The molecule has 2 heterocycles. The Kier molecular flexibility index (Phi) is 5.02. The van der Waals surface area contributed by atoms with E-state index >= 15 is 0 Å². The molecule has 0 saturated carbocycles. The van der Waals surface area contributed by atoms with E-state index in [1.165, 1.54) is 16.5 Å². The minimum absolute atomic E-state index is 0.589. The summed E-state index contributed by atoms with van der Waals surface area (Å²) in [5.41, 5.74) is 3.35. The third-order valence-corrected chi connectivity index (χ3v) is 4.95. The van der Waals surface area contributed by atoms with Crippen molar-refractivity contribution in [3.63, 3.8) is 0 Å². The molecule has 0 aliphatic rings. The van der Waals surface area contributed by atoms with Crippen LogP contribution in [0.4, 0.5) is 0 Å². The number of hydrogen-bond acceptors (Lipinski definition) is 2. The monoisotopic (exact) mass is 384 g/mol. The smallest absolute Gasteiger partial charge is 0.135 e. The zero-order chi connectivity index (χ0) is 17.9. The molecule has 0 spiro atoms. The van der Waals surface area contributed by atoms with E-state index in [0.29, 0.717) is 16.6 Å². The van der Waals surface area contributed by atoms with Gasteiger partial charge in [0.05, 0.1) is 11.6 Å². The maximum absolute atomic E-state index is 6.24. The van der Waals surface area contributed by atoms with Crippen LogP contribution in [-0.2, 0) is 13.0 Å². The molecule has 2 aromatic heterocycles. The largest absolute Gasteiger partial charge is 0.460 e. The molecule has 5 heteroatoms. The van der Waals surface area contributed by atoms with Gasteiger partial charge >= 0.3 is 0 Å². The Morgan fingerprint density at radius 1 is 1.00 bits per heavy atom. The molecule has 0 bridgehead atoms. The van der Waals surface area contributed by atoms with Crippen LogP contribution in [0.15, 0.2) is 65.2 Å². The minimum atomic E-state index is 0.589. The lowest BCUT2D eigenvalue weighted by molar-refractivity contribution is 0.495. The van der Waals surface area contributed by atoms with Crippen molar-refractivity contribution in [3.05, 3.63) is 82.2 Å². The highest BCUT2D eigenvalue weighted by atomic mass is 35.5. The van der Waals surface area contributed by atoms with E-state index in [0.717, 1.165) is 30.0 Å². The van der Waals surface area contributed by atoms with E-state index in [9.17, 15) is 0 Å². The zero-order valence-electron chi connectivity index (χ0n) is 14.1. The van der Waals surface area contributed by atoms with Gasteiger partial charge in [-0.15, -0.1) is 0 Å². The Hall–Kier alpha value is -2.20. The van der Waals surface area contributed by atoms with Crippen molar-refractivity contribution in [1.29, 1.82) is 0 Å². The SMILES string of the molecule is Clc1ccc(-c2ccc(CNCCc3c[nH]c4ccccc34)o2)c(Cl)c1. The lowest BCUT2D eigenvalue weighted by atomic mass is 10.1. The van der Waals surface area contributed by atoms with Crippen molar-refractivity contribution < 1.29 is 4.42 Å². The normalized spacial score (nSPS) is 11.3. The lowest BCUT2D eigenvalue weighted by Gasteiger charge is -2.03. The summed E-state index contributed by atoms with van der Waals surface area (Å²) in [6.45, 7) is 1.55. The van der Waals surface area contributed by atoms with Gasteiger partial charge in [-0.3, -0.25) is 0 Å². The summed E-state index contributed by atoms with van der Waals surface area (Å²) in [5.74, 6) is 1.63. The molecular weight excluding hydrogens is 367 g/mol. The van der Waals surface area contributed by atoms with Crippen LogP contribution in [0.2, 0.25) is 10.0 Å². The number of hydrogen-bond donors (Lipinski definition) is 2. The number of rotatable bonds is 6. The summed E-state index contributed by atoms with van der Waals surface area (Å²) in [7, 11) is 0. The fourth-order valence-electron chi connectivity index (χ4n) is 3.08. The summed E-state index contributed by atoms with van der Waals surface area (Å²) < 4.78 is 5.90. The number of furan rings is 1. The number of H-pyrrole nitrogens is 1. The van der Waals surface area contributed by atoms with E-state index < -0.39 is 0 Å². The molecule has 26 heavy (non-hydrogen) atoms. The fourth-order valence-corrected chi connectivity index (χ4v) is 3.58. The van der Waals surface area contributed by atoms with Crippen LogP contribution < -0.4 is 5.32 Å². The van der Waals surface area contributed by atoms with Gasteiger partial charge < -0.3 is 14.7 Å². The van der Waals surface area contributed by atoms with Crippen LogP contribution in [0.25, 0.3) is 22.2 Å². The molecule has 0 aliphatic heterocycles. The number of benzene rings is 2. The number of fused-ring (bicyclic) bond motifs is 1. The van der Waals surface area contributed by atoms with Crippen LogP contribution >= 0.6 is 23.2 Å². The maximum Gasteiger partial charge on any atom is 0.135 e. The third kappa shape index (κ3) is 3.65. The van der Waals surface area contributed by atoms with E-state index in [2.05, 4.69) is 34.7 Å². The van der Waals surface area contributed by atoms with E-state index in [1.54, 1.807) is 6.07 Å². The highest BCUT2D eigenvalue weighted by Gasteiger charge is 2.09. The zero-order valence-corrected chi connectivity index (χ0v) is 15.6. The lowest BCUT2D eigenvalue weighted by Crippen LogP contribution is -2.16. The van der Waals surface area contributed by atoms with Crippen molar-refractivity contribution in [1.82, 2.24) is 10.3 Å². The number of aromatic nitrogens is 1. The van der Waals surface area contributed by atoms with Gasteiger partial charge in [-0.25, -0.2) is 0 Å². The average Bonchev–Trinajstić information content (AvgIpc) is 3.26. The Bertz CT molecular complexity index is 1040. The van der Waals surface area contributed by atoms with Crippen molar-refractivity contribution in [3.8, 4) is 11.3 Å². The predicted octanol–water partition coefficient (Wildman–Crippen LogP) is 6.07. The quantitative estimate of drug-likeness (QED) is 0.396. The third-order valence-electron chi connectivity index (χ3n) is 4.40. The van der Waals surface area contributed by atoms with Gasteiger partial charge in [0.2, 0.25) is 0 Å². The Labute approximate surface area is 161 Å². The van der Waals surface area contributed by atoms with Crippen molar-refractivity contribution >= 4 is 34.1 Å². The summed E-state index contributed by atoms with van der Waals surface area (Å²) in [4.78, 5) is 3.31. The molecule has 2 N–H and O–H groups in total. The summed E-state index contributed by atoms with van der Waals surface area (Å²) >= 11 is 12.2. The Morgan fingerprint density at radius 2 is 1.88 bits per heavy atom. The summed E-state index contributed by atoms with van der Waals surface area (Å²) in [6.07, 6.45) is 3.04. The molecule has 0 amide bonds. The summed E-state index contributed by atoms with van der Waals surface area (Å²) in [5, 5.41) is 5.92. The molecule has 0 unspecified atom stereocenters. The fraction of sp³-hybridized carbons (Fsp3) is 0.143. The van der Waals surface area contributed by atoms with Crippen LogP contribution in [0.5, 0.6) is 0 Å². The molecule has 3 nitrogen and oxygen atoms in total. The van der Waals surface area contributed by atoms with Gasteiger partial charge in [-0.1, -0.05) is 41.4 Å². The average molecular weight is 385 g/mol. The van der Waals surface area contributed by atoms with Gasteiger partial charge in [0.15, 0.2) is 0 Å². The second-order valence-corrected chi connectivity index (χ2v) is 7.02. The van der Waals surface area contributed by atoms with Gasteiger partial charge in [-0.2, -0.15) is 0 Å². The summed E-state index contributed by atoms with van der Waals surface area (Å²) in [6, 6.07) is 17.7. The van der Waals surface area contributed by atoms with Crippen LogP contribution in [-0.4, -0.2) is 11.5 Å². The van der Waals surface area contributed by atoms with Gasteiger partial charge in [-0.05, 0) is 54.9 Å². The topological polar surface area (TPSA) is 41.0 Å². The first-order valence-electron chi connectivity index (χ1n) is 8.50. The molecule has 0 saturated heterocycles.